The van der Waals surface area contributed by atoms with Gasteiger partial charge in [0.15, 0.2) is 5.82 Å². The molecule has 5 nitrogen and oxygen atoms in total. The Morgan fingerprint density at radius 2 is 1.12 bits per heavy atom. The van der Waals surface area contributed by atoms with Gasteiger partial charge in [0.05, 0.1) is 6.42 Å². The van der Waals surface area contributed by atoms with Crippen molar-refractivity contribution in [1.82, 2.24) is 10.1 Å². The predicted octanol–water partition coefficient (Wildman–Crippen LogP) is 4.92. The molecular formula is C12H5F15N2O3. The minimum absolute atomic E-state index is 0.983. The molecule has 0 aliphatic carbocycles. The Hall–Kier alpha value is -2.44. The molecule has 32 heavy (non-hydrogen) atoms. The topological polar surface area (TPSA) is 76.2 Å². The van der Waals surface area contributed by atoms with E-state index in [1.54, 1.807) is 0 Å². The maximum Gasteiger partial charge on any atom is 0.460 e. The fourth-order valence-electron chi connectivity index (χ4n) is 1.80. The van der Waals surface area contributed by atoms with Gasteiger partial charge in [-0.25, -0.2) is 0 Å². The van der Waals surface area contributed by atoms with Gasteiger partial charge in [0.2, 0.25) is 0 Å². The number of halogens is 15. The molecule has 0 aliphatic rings. The van der Waals surface area contributed by atoms with Crippen LogP contribution in [0, 0.1) is 0 Å². The van der Waals surface area contributed by atoms with E-state index in [0.29, 0.717) is 0 Å². The molecule has 0 atom stereocenters. The summed E-state index contributed by atoms with van der Waals surface area (Å²) in [6.45, 7) is 0. The molecule has 0 amide bonds. The van der Waals surface area contributed by atoms with Gasteiger partial charge < -0.3 is 9.63 Å². The second-order valence-corrected chi connectivity index (χ2v) is 5.85. The number of carbonyl (C=O) groups is 1. The highest BCUT2D eigenvalue weighted by Gasteiger charge is 2.94. The zero-order chi connectivity index (χ0) is 25.8. The fourth-order valence-corrected chi connectivity index (χ4v) is 1.80. The van der Waals surface area contributed by atoms with Crippen LogP contribution in [0.5, 0.6) is 0 Å². The van der Waals surface area contributed by atoms with Gasteiger partial charge in [-0.3, -0.25) is 4.79 Å². The number of carboxylic acids is 1. The first-order valence-electron chi connectivity index (χ1n) is 7.28. The van der Waals surface area contributed by atoms with E-state index in [-0.39, 0.29) is 0 Å². The van der Waals surface area contributed by atoms with Crippen molar-refractivity contribution < 1.29 is 80.3 Å². The number of rotatable bonds is 9. The lowest BCUT2D eigenvalue weighted by Gasteiger charge is -2.40. The molecule has 1 rings (SSSR count). The lowest BCUT2D eigenvalue weighted by atomic mass is 9.91. The Morgan fingerprint density at radius 1 is 0.719 bits per heavy atom. The first kappa shape index (κ1) is 27.6. The summed E-state index contributed by atoms with van der Waals surface area (Å²) in [5, 5.41) is 10.7. The summed E-state index contributed by atoms with van der Waals surface area (Å²) in [5.41, 5.74) is 0. The molecule has 186 valence electrons. The second-order valence-electron chi connectivity index (χ2n) is 5.85. The SMILES string of the molecule is O=C(O)CCc1noc(C(F)(F)C(F)(F)C(F)(F)C(F)(F)C(F)(F)C(F)(F)C(F)(F)F)n1. The van der Waals surface area contributed by atoms with E-state index in [4.69, 9.17) is 5.11 Å². The molecule has 1 N–H and O–H groups in total. The molecule has 1 aromatic heterocycles. The lowest BCUT2D eigenvalue weighted by molar-refractivity contribution is -0.454. The van der Waals surface area contributed by atoms with Crippen LogP contribution in [0.15, 0.2) is 4.52 Å². The van der Waals surface area contributed by atoms with E-state index in [0.717, 1.165) is 0 Å². The first-order valence-corrected chi connectivity index (χ1v) is 7.28. The van der Waals surface area contributed by atoms with Crippen molar-refractivity contribution in [1.29, 1.82) is 0 Å². The number of aliphatic carboxylic acids is 1. The van der Waals surface area contributed by atoms with E-state index < -0.39 is 72.2 Å². The van der Waals surface area contributed by atoms with Crippen molar-refractivity contribution in [3.05, 3.63) is 11.7 Å². The van der Waals surface area contributed by atoms with Crippen LogP contribution in [0.2, 0.25) is 0 Å². The van der Waals surface area contributed by atoms with E-state index in [1.807, 2.05) is 0 Å². The number of carboxylic acid groups (broad SMARTS) is 1. The molecule has 0 fully saturated rings. The van der Waals surface area contributed by atoms with Gasteiger partial charge in [0.1, 0.15) is 0 Å². The Balaban J connectivity index is 3.51. The smallest absolute Gasteiger partial charge is 0.460 e. The van der Waals surface area contributed by atoms with E-state index >= 15 is 0 Å². The van der Waals surface area contributed by atoms with Crippen LogP contribution >= 0.6 is 0 Å². The molecule has 0 aliphatic heterocycles. The third kappa shape index (κ3) is 3.80. The molecular weight excluding hydrogens is 505 g/mol. The minimum Gasteiger partial charge on any atom is -0.481 e. The van der Waals surface area contributed by atoms with Crippen molar-refractivity contribution in [3.63, 3.8) is 0 Å². The zero-order valence-corrected chi connectivity index (χ0v) is 14.2. The van der Waals surface area contributed by atoms with Gasteiger partial charge >= 0.3 is 53.6 Å². The Kier molecular flexibility index (Phi) is 6.52. The monoisotopic (exact) mass is 510 g/mol. The Morgan fingerprint density at radius 3 is 1.53 bits per heavy atom. The number of nitrogens with zero attached hydrogens (tertiary/aromatic N) is 2. The Labute approximate surface area is 164 Å². The van der Waals surface area contributed by atoms with E-state index in [9.17, 15) is 70.7 Å². The number of alkyl halides is 15. The summed E-state index contributed by atoms with van der Waals surface area (Å²) < 4.78 is 199. The molecule has 0 radical (unpaired) electrons. The lowest BCUT2D eigenvalue weighted by Crippen LogP contribution is -2.72. The van der Waals surface area contributed by atoms with Crippen LogP contribution in [0.1, 0.15) is 18.1 Å². The maximum absolute atomic E-state index is 13.8. The zero-order valence-electron chi connectivity index (χ0n) is 14.2. The summed E-state index contributed by atoms with van der Waals surface area (Å²) in [6.07, 6.45) is -9.67. The van der Waals surface area contributed by atoms with E-state index in [2.05, 4.69) is 14.7 Å². The largest absolute Gasteiger partial charge is 0.481 e. The van der Waals surface area contributed by atoms with Crippen LogP contribution < -0.4 is 0 Å². The summed E-state index contributed by atoms with van der Waals surface area (Å²) in [6, 6.07) is 0. The number of hydrogen-bond donors (Lipinski definition) is 1. The standard InChI is InChI=1S/C12H5F15N2O3/c13-6(14,5-28-3(29-32-5)1-2-4(30)31)7(15,16)8(17,18)9(19,20)10(21,22)11(23,24)12(25,26)27/h1-2H2,(H,30,31). The van der Waals surface area contributed by atoms with Crippen LogP contribution in [0.25, 0.3) is 0 Å². The van der Waals surface area contributed by atoms with E-state index in [1.165, 1.54) is 0 Å². The third-order valence-electron chi connectivity index (χ3n) is 3.63. The van der Waals surface area contributed by atoms with Crippen LogP contribution in [0.3, 0.4) is 0 Å². The second kappa shape index (κ2) is 7.56. The highest BCUT2D eigenvalue weighted by molar-refractivity contribution is 5.66. The highest BCUT2D eigenvalue weighted by Crippen LogP contribution is 2.63. The summed E-state index contributed by atoms with van der Waals surface area (Å²) in [7, 11) is 0. The van der Waals surface area contributed by atoms with Gasteiger partial charge in [-0.15, -0.1) is 0 Å². The van der Waals surface area contributed by atoms with Gasteiger partial charge in [-0.1, -0.05) is 5.16 Å². The number of hydrogen-bond acceptors (Lipinski definition) is 4. The molecule has 20 heteroatoms. The van der Waals surface area contributed by atoms with Crippen LogP contribution in [-0.4, -0.2) is 57.0 Å². The quantitative estimate of drug-likeness (QED) is 0.478. The fraction of sp³-hybridized carbons (Fsp3) is 0.750. The Bertz CT molecular complexity index is 845. The highest BCUT2D eigenvalue weighted by atomic mass is 19.4. The third-order valence-corrected chi connectivity index (χ3v) is 3.63. The van der Waals surface area contributed by atoms with Crippen molar-refractivity contribution in [3.8, 4) is 0 Å². The number of aromatic nitrogens is 2. The molecule has 0 unspecified atom stereocenters. The average molecular weight is 510 g/mol. The van der Waals surface area contributed by atoms with Gasteiger partial charge in [-0.2, -0.15) is 70.8 Å². The summed E-state index contributed by atoms with van der Waals surface area (Å²) >= 11 is 0. The molecule has 0 spiro atoms. The molecule has 0 saturated carbocycles. The van der Waals surface area contributed by atoms with Crippen molar-refractivity contribution in [2.45, 2.75) is 54.6 Å². The van der Waals surface area contributed by atoms with Crippen molar-refractivity contribution in [2.75, 3.05) is 0 Å². The summed E-state index contributed by atoms with van der Waals surface area (Å²) in [4.78, 5) is 12.6. The normalized spacial score (nSPS) is 15.2. The first-order chi connectivity index (χ1) is 13.9. The van der Waals surface area contributed by atoms with Crippen LogP contribution in [0.4, 0.5) is 65.9 Å². The predicted molar refractivity (Wildman–Crippen MR) is 64.9 cm³/mol. The number of aryl methyl sites for hydroxylation is 1. The maximum atomic E-state index is 13.8. The average Bonchev–Trinajstić information content (AvgIpc) is 3.07. The molecule has 0 aromatic carbocycles. The molecule has 1 aromatic rings. The van der Waals surface area contributed by atoms with Gasteiger partial charge in [0, 0.05) is 6.42 Å². The van der Waals surface area contributed by atoms with Crippen molar-refractivity contribution >= 4 is 5.97 Å². The van der Waals surface area contributed by atoms with Gasteiger partial charge in [0.25, 0.3) is 0 Å². The van der Waals surface area contributed by atoms with Gasteiger partial charge in [-0.05, 0) is 0 Å². The minimum atomic E-state index is -8.43. The van der Waals surface area contributed by atoms with Crippen LogP contribution in [-0.2, 0) is 17.1 Å². The van der Waals surface area contributed by atoms with Crippen molar-refractivity contribution in [2.24, 2.45) is 0 Å². The molecule has 0 saturated heterocycles. The summed E-state index contributed by atoms with van der Waals surface area (Å²) in [5.74, 6) is -53.7. The molecule has 0 bridgehead atoms. The molecule has 1 heterocycles.